The maximum absolute atomic E-state index is 6.01. The molecule has 0 amide bonds. The first-order chi connectivity index (χ1) is 8.16. The van der Waals surface area contributed by atoms with Crippen LogP contribution in [0.15, 0.2) is 18.2 Å². The first kappa shape index (κ1) is 12.4. The van der Waals surface area contributed by atoms with Gasteiger partial charge in [-0.15, -0.1) is 0 Å². The van der Waals surface area contributed by atoms with E-state index in [1.165, 1.54) is 0 Å². The van der Waals surface area contributed by atoms with Crippen molar-refractivity contribution in [3.05, 3.63) is 23.9 Å². The van der Waals surface area contributed by atoms with E-state index in [0.717, 1.165) is 31.1 Å². The Morgan fingerprint density at radius 3 is 2.94 bits per heavy atom. The average molecular weight is 234 g/mol. The third-order valence-corrected chi connectivity index (χ3v) is 3.32. The summed E-state index contributed by atoms with van der Waals surface area (Å²) in [6.45, 7) is 8.61. The van der Waals surface area contributed by atoms with Crippen molar-refractivity contribution in [1.82, 2.24) is 10.3 Å². The lowest BCUT2D eigenvalue weighted by Gasteiger charge is -2.29. The molecule has 0 aromatic carbocycles. The van der Waals surface area contributed by atoms with Crippen LogP contribution in [-0.4, -0.2) is 24.2 Å². The summed E-state index contributed by atoms with van der Waals surface area (Å²) in [7, 11) is 0. The van der Waals surface area contributed by atoms with Crippen LogP contribution in [0.5, 0.6) is 5.88 Å². The Kier molecular flexibility index (Phi) is 4.00. The number of aromatic nitrogens is 1. The molecule has 0 unspecified atom stereocenters. The molecular weight excluding hydrogens is 212 g/mol. The summed E-state index contributed by atoms with van der Waals surface area (Å²) in [6.07, 6.45) is 1.36. The highest BCUT2D eigenvalue weighted by atomic mass is 16.5. The predicted molar refractivity (Wildman–Crippen MR) is 69.4 cm³/mol. The zero-order valence-electron chi connectivity index (χ0n) is 10.9. The molecule has 3 heteroatoms. The molecule has 17 heavy (non-hydrogen) atoms. The van der Waals surface area contributed by atoms with E-state index in [-0.39, 0.29) is 0 Å². The number of hydrogen-bond donors (Lipinski definition) is 1. The van der Waals surface area contributed by atoms with Gasteiger partial charge in [-0.25, -0.2) is 4.98 Å². The summed E-state index contributed by atoms with van der Waals surface area (Å²) in [4.78, 5) is 4.56. The summed E-state index contributed by atoms with van der Waals surface area (Å²) in [5.41, 5.74) is 1.10. The minimum atomic E-state index is 0.297. The van der Waals surface area contributed by atoms with Crippen molar-refractivity contribution in [2.45, 2.75) is 39.2 Å². The Hall–Kier alpha value is -1.09. The molecule has 0 spiro atoms. The average Bonchev–Trinajstić information content (AvgIpc) is 2.32. The van der Waals surface area contributed by atoms with Gasteiger partial charge in [-0.3, -0.25) is 0 Å². The van der Waals surface area contributed by atoms with Crippen LogP contribution in [0.3, 0.4) is 0 Å². The van der Waals surface area contributed by atoms with Gasteiger partial charge in [-0.2, -0.15) is 0 Å². The summed E-state index contributed by atoms with van der Waals surface area (Å²) < 4.78 is 6.01. The van der Waals surface area contributed by atoms with Gasteiger partial charge in [-0.05, 0) is 24.9 Å². The minimum Gasteiger partial charge on any atom is -0.474 e. The predicted octanol–water partition coefficient (Wildman–Crippen LogP) is 2.58. The van der Waals surface area contributed by atoms with Crippen molar-refractivity contribution in [3.8, 4) is 5.88 Å². The lowest BCUT2D eigenvalue weighted by Crippen LogP contribution is -2.41. The fourth-order valence-electron chi connectivity index (χ4n) is 2.14. The molecule has 3 nitrogen and oxygen atoms in total. The zero-order valence-corrected chi connectivity index (χ0v) is 10.9. The van der Waals surface area contributed by atoms with Crippen LogP contribution in [0.1, 0.15) is 38.8 Å². The Morgan fingerprint density at radius 2 is 2.24 bits per heavy atom. The second kappa shape index (κ2) is 5.50. The van der Waals surface area contributed by atoms with Crippen LogP contribution >= 0.6 is 0 Å². The fraction of sp³-hybridized carbons (Fsp3) is 0.643. The van der Waals surface area contributed by atoms with Crippen molar-refractivity contribution < 1.29 is 4.74 Å². The molecule has 1 aromatic rings. The molecule has 2 atom stereocenters. The number of pyridine rings is 1. The lowest BCUT2D eigenvalue weighted by atomic mass is 9.98. The van der Waals surface area contributed by atoms with Crippen molar-refractivity contribution in [1.29, 1.82) is 0 Å². The van der Waals surface area contributed by atoms with E-state index in [9.17, 15) is 0 Å². The van der Waals surface area contributed by atoms with E-state index in [0.29, 0.717) is 17.9 Å². The molecule has 0 radical (unpaired) electrons. The first-order valence-electron chi connectivity index (χ1n) is 6.51. The van der Waals surface area contributed by atoms with Gasteiger partial charge >= 0.3 is 0 Å². The Balaban J connectivity index is 2.04. The van der Waals surface area contributed by atoms with E-state index in [2.05, 4.69) is 37.1 Å². The number of nitrogens with zero attached hydrogens (tertiary/aromatic N) is 1. The second-order valence-corrected chi connectivity index (χ2v) is 5.18. The van der Waals surface area contributed by atoms with E-state index in [1.807, 2.05) is 12.1 Å². The van der Waals surface area contributed by atoms with Crippen molar-refractivity contribution >= 4 is 0 Å². The molecule has 94 valence electrons. The standard InChI is InChI=1S/C14H22N2O/c1-10(2)12-5-4-6-14(16-12)17-13-7-8-15-9-11(13)3/h4-6,10-11,13,15H,7-9H2,1-3H3/t11-,13+/m1/s1. The summed E-state index contributed by atoms with van der Waals surface area (Å²) in [5.74, 6) is 1.77. The molecule has 0 aliphatic carbocycles. The van der Waals surface area contributed by atoms with E-state index >= 15 is 0 Å². The SMILES string of the molecule is CC(C)c1cccc(O[C@H]2CCNC[C@H]2C)n1. The summed E-state index contributed by atoms with van der Waals surface area (Å²) in [6, 6.07) is 6.05. The highest BCUT2D eigenvalue weighted by molar-refractivity contribution is 5.18. The maximum Gasteiger partial charge on any atom is 0.213 e. The molecule has 1 N–H and O–H groups in total. The number of ether oxygens (including phenoxy) is 1. The number of rotatable bonds is 3. The van der Waals surface area contributed by atoms with Crippen molar-refractivity contribution in [2.75, 3.05) is 13.1 Å². The Morgan fingerprint density at radius 1 is 1.41 bits per heavy atom. The number of hydrogen-bond acceptors (Lipinski definition) is 3. The van der Waals surface area contributed by atoms with Gasteiger partial charge in [0, 0.05) is 24.2 Å². The highest BCUT2D eigenvalue weighted by Gasteiger charge is 2.23. The quantitative estimate of drug-likeness (QED) is 0.873. The van der Waals surface area contributed by atoms with E-state index < -0.39 is 0 Å². The fourth-order valence-corrected chi connectivity index (χ4v) is 2.14. The molecular formula is C14H22N2O. The van der Waals surface area contributed by atoms with Gasteiger partial charge in [-0.1, -0.05) is 26.8 Å². The van der Waals surface area contributed by atoms with Crippen LogP contribution in [0.25, 0.3) is 0 Å². The minimum absolute atomic E-state index is 0.297. The van der Waals surface area contributed by atoms with Gasteiger partial charge in [0.05, 0.1) is 0 Å². The molecule has 1 aliphatic heterocycles. The second-order valence-electron chi connectivity index (χ2n) is 5.18. The Labute approximate surface area is 104 Å². The van der Waals surface area contributed by atoms with Gasteiger partial charge in [0.15, 0.2) is 0 Å². The summed E-state index contributed by atoms with van der Waals surface area (Å²) >= 11 is 0. The van der Waals surface area contributed by atoms with Gasteiger partial charge < -0.3 is 10.1 Å². The van der Waals surface area contributed by atoms with Crippen molar-refractivity contribution in [2.24, 2.45) is 5.92 Å². The molecule has 0 bridgehead atoms. The molecule has 1 saturated heterocycles. The molecule has 2 heterocycles. The molecule has 1 fully saturated rings. The van der Waals surface area contributed by atoms with Crippen LogP contribution in [-0.2, 0) is 0 Å². The largest absolute Gasteiger partial charge is 0.474 e. The topological polar surface area (TPSA) is 34.1 Å². The molecule has 1 aliphatic rings. The molecule has 1 aromatic heterocycles. The number of nitrogens with one attached hydrogen (secondary N) is 1. The van der Waals surface area contributed by atoms with Crippen molar-refractivity contribution in [3.63, 3.8) is 0 Å². The lowest BCUT2D eigenvalue weighted by molar-refractivity contribution is 0.106. The van der Waals surface area contributed by atoms with Gasteiger partial charge in [0.25, 0.3) is 0 Å². The maximum atomic E-state index is 6.01. The molecule has 2 rings (SSSR count). The van der Waals surface area contributed by atoms with Gasteiger partial charge in [0.1, 0.15) is 6.10 Å². The summed E-state index contributed by atoms with van der Waals surface area (Å²) in [5, 5.41) is 3.38. The first-order valence-corrected chi connectivity index (χ1v) is 6.51. The Bertz CT molecular complexity index is 365. The van der Waals surface area contributed by atoms with Gasteiger partial charge in [0.2, 0.25) is 5.88 Å². The normalized spacial score (nSPS) is 24.9. The molecule has 0 saturated carbocycles. The van der Waals surface area contributed by atoms with E-state index in [4.69, 9.17) is 4.74 Å². The zero-order chi connectivity index (χ0) is 12.3. The third kappa shape index (κ3) is 3.19. The van der Waals surface area contributed by atoms with Crippen LogP contribution < -0.4 is 10.1 Å². The van der Waals surface area contributed by atoms with Crippen LogP contribution in [0, 0.1) is 5.92 Å². The monoisotopic (exact) mass is 234 g/mol. The number of piperidine rings is 1. The van der Waals surface area contributed by atoms with Crippen LogP contribution in [0.2, 0.25) is 0 Å². The smallest absolute Gasteiger partial charge is 0.213 e. The highest BCUT2D eigenvalue weighted by Crippen LogP contribution is 2.20. The third-order valence-electron chi connectivity index (χ3n) is 3.32. The van der Waals surface area contributed by atoms with E-state index in [1.54, 1.807) is 0 Å². The van der Waals surface area contributed by atoms with Crippen LogP contribution in [0.4, 0.5) is 0 Å².